The number of esters is 1. The number of hydrogen-bond acceptors (Lipinski definition) is 6. The average molecular weight is 431 g/mol. The first kappa shape index (κ1) is 22.2. The van der Waals surface area contributed by atoms with Gasteiger partial charge in [-0.25, -0.2) is 10.2 Å². The highest BCUT2D eigenvalue weighted by atomic mass is 16.5. The second kappa shape index (κ2) is 10.5. The van der Waals surface area contributed by atoms with E-state index in [2.05, 4.69) is 15.8 Å². The molecule has 0 radical (unpaired) electrons. The number of aryl methyl sites for hydroxylation is 1. The third-order valence-corrected chi connectivity index (χ3v) is 4.26. The minimum absolute atomic E-state index is 0.371. The Morgan fingerprint density at radius 1 is 0.875 bits per heavy atom. The van der Waals surface area contributed by atoms with Crippen molar-refractivity contribution in [2.24, 2.45) is 5.10 Å². The molecule has 2 amide bonds. The molecular weight excluding hydrogens is 410 g/mol. The van der Waals surface area contributed by atoms with E-state index in [1.807, 2.05) is 13.0 Å². The third-order valence-electron chi connectivity index (χ3n) is 4.26. The van der Waals surface area contributed by atoms with Crippen LogP contribution in [0.4, 0.5) is 5.69 Å². The fourth-order valence-electron chi connectivity index (χ4n) is 2.66. The number of ether oxygens (including phenoxy) is 2. The molecule has 0 heterocycles. The Labute approximate surface area is 184 Å². The number of amides is 2. The van der Waals surface area contributed by atoms with E-state index in [1.165, 1.54) is 13.3 Å². The van der Waals surface area contributed by atoms with Crippen LogP contribution in [0.2, 0.25) is 0 Å². The van der Waals surface area contributed by atoms with Crippen molar-refractivity contribution >= 4 is 29.7 Å². The van der Waals surface area contributed by atoms with Crippen molar-refractivity contribution in [3.05, 3.63) is 89.5 Å². The lowest BCUT2D eigenvalue weighted by molar-refractivity contribution is -0.136. The summed E-state index contributed by atoms with van der Waals surface area (Å²) in [5, 5.41) is 6.22. The van der Waals surface area contributed by atoms with E-state index in [9.17, 15) is 14.4 Å². The summed E-state index contributed by atoms with van der Waals surface area (Å²) in [4.78, 5) is 36.0. The number of rotatable bonds is 6. The van der Waals surface area contributed by atoms with E-state index < -0.39 is 17.8 Å². The minimum Gasteiger partial charge on any atom is -0.497 e. The summed E-state index contributed by atoms with van der Waals surface area (Å²) in [6.45, 7) is 1.89. The quantitative estimate of drug-likeness (QED) is 0.205. The lowest BCUT2D eigenvalue weighted by Crippen LogP contribution is -2.32. The van der Waals surface area contributed by atoms with Gasteiger partial charge in [-0.05, 0) is 61.0 Å². The molecule has 0 fully saturated rings. The monoisotopic (exact) mass is 431 g/mol. The Morgan fingerprint density at radius 3 is 2.34 bits per heavy atom. The highest BCUT2D eigenvalue weighted by Crippen LogP contribution is 2.16. The fraction of sp³-hybridized carbons (Fsp3) is 0.0833. The Bertz CT molecular complexity index is 1160. The maximum atomic E-state index is 12.2. The molecule has 0 aliphatic carbocycles. The maximum Gasteiger partial charge on any atom is 0.343 e. The lowest BCUT2D eigenvalue weighted by atomic mass is 10.1. The van der Waals surface area contributed by atoms with Crippen molar-refractivity contribution in [2.75, 3.05) is 12.4 Å². The van der Waals surface area contributed by atoms with Gasteiger partial charge in [0.15, 0.2) is 0 Å². The van der Waals surface area contributed by atoms with Gasteiger partial charge in [0.05, 0.1) is 18.9 Å². The van der Waals surface area contributed by atoms with Crippen LogP contribution in [0.1, 0.15) is 21.5 Å². The zero-order chi connectivity index (χ0) is 22.9. The Hall–Kier alpha value is -4.46. The number of hydrazone groups is 1. The normalized spacial score (nSPS) is 10.4. The van der Waals surface area contributed by atoms with E-state index in [0.29, 0.717) is 28.3 Å². The van der Waals surface area contributed by atoms with Crippen molar-refractivity contribution < 1.29 is 23.9 Å². The Balaban J connectivity index is 1.51. The van der Waals surface area contributed by atoms with E-state index in [1.54, 1.807) is 66.7 Å². The van der Waals surface area contributed by atoms with Gasteiger partial charge >= 0.3 is 17.8 Å². The second-order valence-electron chi connectivity index (χ2n) is 6.71. The number of anilines is 1. The first-order valence-electron chi connectivity index (χ1n) is 9.62. The molecule has 0 aliphatic rings. The molecule has 0 saturated heterocycles. The smallest absolute Gasteiger partial charge is 0.343 e. The van der Waals surface area contributed by atoms with Crippen LogP contribution in [-0.2, 0) is 9.59 Å². The molecule has 0 aromatic heterocycles. The van der Waals surface area contributed by atoms with Gasteiger partial charge in [0.25, 0.3) is 0 Å². The number of methoxy groups -OCH3 is 1. The zero-order valence-electron chi connectivity index (χ0n) is 17.5. The highest BCUT2D eigenvalue weighted by molar-refractivity contribution is 6.39. The molecule has 32 heavy (non-hydrogen) atoms. The van der Waals surface area contributed by atoms with Gasteiger partial charge in [0.1, 0.15) is 11.5 Å². The van der Waals surface area contributed by atoms with Crippen LogP contribution in [0, 0.1) is 6.92 Å². The summed E-state index contributed by atoms with van der Waals surface area (Å²) in [7, 11) is 1.50. The van der Waals surface area contributed by atoms with Crippen LogP contribution in [0.3, 0.4) is 0 Å². The average Bonchev–Trinajstić information content (AvgIpc) is 2.80. The van der Waals surface area contributed by atoms with Gasteiger partial charge in [0, 0.05) is 11.8 Å². The molecule has 0 spiro atoms. The molecule has 3 rings (SSSR count). The predicted molar refractivity (Wildman–Crippen MR) is 120 cm³/mol. The summed E-state index contributed by atoms with van der Waals surface area (Å²) in [6.07, 6.45) is 1.36. The Kier molecular flexibility index (Phi) is 7.32. The number of hydrogen-bond donors (Lipinski definition) is 2. The molecule has 0 bridgehead atoms. The molecule has 0 atom stereocenters. The SMILES string of the molecule is COc1cccc(NC(=O)C(=O)NN=Cc2ccc(OC(=O)c3cccc(C)c3)cc2)c1. The predicted octanol–water partition coefficient (Wildman–Crippen LogP) is 3.31. The summed E-state index contributed by atoms with van der Waals surface area (Å²) in [5.74, 6) is -1.32. The number of nitrogens with one attached hydrogen (secondary N) is 2. The lowest BCUT2D eigenvalue weighted by Gasteiger charge is -2.06. The summed E-state index contributed by atoms with van der Waals surface area (Å²) in [6, 6.07) is 20.3. The third kappa shape index (κ3) is 6.27. The molecule has 162 valence electrons. The van der Waals surface area contributed by atoms with Crippen LogP contribution >= 0.6 is 0 Å². The van der Waals surface area contributed by atoms with Gasteiger partial charge in [0.2, 0.25) is 0 Å². The van der Waals surface area contributed by atoms with Crippen molar-refractivity contribution in [3.63, 3.8) is 0 Å². The van der Waals surface area contributed by atoms with Gasteiger partial charge in [-0.3, -0.25) is 9.59 Å². The largest absolute Gasteiger partial charge is 0.497 e. The number of carbonyl (C=O) groups is 3. The van der Waals surface area contributed by atoms with Crippen LogP contribution < -0.4 is 20.2 Å². The van der Waals surface area contributed by atoms with E-state index >= 15 is 0 Å². The molecule has 8 heteroatoms. The van der Waals surface area contributed by atoms with Gasteiger partial charge in [-0.1, -0.05) is 23.8 Å². The van der Waals surface area contributed by atoms with E-state index in [4.69, 9.17) is 9.47 Å². The molecule has 2 N–H and O–H groups in total. The van der Waals surface area contributed by atoms with Gasteiger partial charge < -0.3 is 14.8 Å². The van der Waals surface area contributed by atoms with E-state index in [0.717, 1.165) is 5.56 Å². The van der Waals surface area contributed by atoms with Crippen LogP contribution in [0.15, 0.2) is 77.9 Å². The second-order valence-corrected chi connectivity index (χ2v) is 6.71. The van der Waals surface area contributed by atoms with Crippen molar-refractivity contribution in [1.82, 2.24) is 5.43 Å². The van der Waals surface area contributed by atoms with Gasteiger partial charge in [-0.15, -0.1) is 0 Å². The van der Waals surface area contributed by atoms with Crippen molar-refractivity contribution in [1.29, 1.82) is 0 Å². The summed E-state index contributed by atoms with van der Waals surface area (Å²) >= 11 is 0. The molecule has 0 saturated carbocycles. The standard InChI is InChI=1S/C24H21N3O5/c1-16-5-3-6-18(13-16)24(30)32-20-11-9-17(10-12-20)15-25-27-23(29)22(28)26-19-7-4-8-21(14-19)31-2/h3-15H,1-2H3,(H,26,28)(H,27,29). The molecule has 3 aromatic rings. The van der Waals surface area contributed by atoms with Crippen LogP contribution in [0.25, 0.3) is 0 Å². The van der Waals surface area contributed by atoms with Crippen molar-refractivity contribution in [2.45, 2.75) is 6.92 Å². The first-order chi connectivity index (χ1) is 15.4. The van der Waals surface area contributed by atoms with E-state index in [-0.39, 0.29) is 0 Å². The Morgan fingerprint density at radius 2 is 1.62 bits per heavy atom. The maximum absolute atomic E-state index is 12.2. The van der Waals surface area contributed by atoms with Gasteiger partial charge in [-0.2, -0.15) is 5.10 Å². The molecule has 8 nitrogen and oxygen atoms in total. The molecular formula is C24H21N3O5. The van der Waals surface area contributed by atoms with Crippen LogP contribution in [-0.4, -0.2) is 31.1 Å². The number of nitrogens with zero attached hydrogens (tertiary/aromatic N) is 1. The minimum atomic E-state index is -0.923. The first-order valence-corrected chi connectivity index (χ1v) is 9.62. The summed E-state index contributed by atoms with van der Waals surface area (Å²) in [5.41, 5.74) is 4.64. The fourth-order valence-corrected chi connectivity index (χ4v) is 2.66. The highest BCUT2D eigenvalue weighted by Gasteiger charge is 2.13. The molecule has 3 aromatic carbocycles. The molecule has 0 unspecified atom stereocenters. The topological polar surface area (TPSA) is 106 Å². The molecule has 0 aliphatic heterocycles. The summed E-state index contributed by atoms with van der Waals surface area (Å²) < 4.78 is 10.4. The zero-order valence-corrected chi connectivity index (χ0v) is 17.5. The van der Waals surface area contributed by atoms with Crippen molar-refractivity contribution in [3.8, 4) is 11.5 Å². The number of benzene rings is 3. The van der Waals surface area contributed by atoms with Crippen LogP contribution in [0.5, 0.6) is 11.5 Å². The number of carbonyl (C=O) groups excluding carboxylic acids is 3.